The van der Waals surface area contributed by atoms with Gasteiger partial charge in [-0.3, -0.25) is 4.79 Å². The number of allylic oxidation sites excluding steroid dienone is 1. The fourth-order valence-corrected chi connectivity index (χ4v) is 7.90. The Balaban J connectivity index is 1.19. The summed E-state index contributed by atoms with van der Waals surface area (Å²) < 4.78 is 34.2. The predicted molar refractivity (Wildman–Crippen MR) is 151 cm³/mol. The number of carbonyl (C=O) groups excluding carboxylic acids is 1. The summed E-state index contributed by atoms with van der Waals surface area (Å²) in [6.45, 7) is 5.89. The normalized spacial score (nSPS) is 29.4. The molecule has 2 nitrogen and oxygen atoms in total. The Morgan fingerprint density at radius 2 is 1.47 bits per heavy atom. The van der Waals surface area contributed by atoms with Gasteiger partial charge in [-0.05, 0) is 100 Å². The highest BCUT2D eigenvalue weighted by Crippen LogP contribution is 2.49. The Morgan fingerprint density at radius 1 is 0.868 bits per heavy atom. The largest absolute Gasteiger partial charge is 0.426 e. The molecule has 0 bridgehead atoms. The van der Waals surface area contributed by atoms with Gasteiger partial charge in [-0.2, -0.15) is 0 Å². The minimum atomic E-state index is -0.657. The first-order valence-electron chi connectivity index (χ1n) is 15.8. The second kappa shape index (κ2) is 14.6. The maximum atomic E-state index is 14.4. The summed E-state index contributed by atoms with van der Waals surface area (Å²) >= 11 is 0. The molecule has 4 heteroatoms. The molecule has 4 atom stereocenters. The van der Waals surface area contributed by atoms with Crippen LogP contribution in [0.15, 0.2) is 24.8 Å². The second-order valence-electron chi connectivity index (χ2n) is 12.7. The zero-order valence-electron chi connectivity index (χ0n) is 23.7. The van der Waals surface area contributed by atoms with Gasteiger partial charge in [-0.15, -0.1) is 6.58 Å². The van der Waals surface area contributed by atoms with Gasteiger partial charge in [0, 0.05) is 17.7 Å². The fourth-order valence-electron chi connectivity index (χ4n) is 7.90. The molecular weight excluding hydrogens is 478 g/mol. The van der Waals surface area contributed by atoms with Crippen molar-refractivity contribution in [3.8, 4) is 5.75 Å². The van der Waals surface area contributed by atoms with Crippen molar-refractivity contribution in [3.63, 3.8) is 0 Å². The van der Waals surface area contributed by atoms with Crippen LogP contribution in [-0.2, 0) is 11.2 Å². The zero-order valence-corrected chi connectivity index (χ0v) is 23.7. The molecule has 38 heavy (non-hydrogen) atoms. The van der Waals surface area contributed by atoms with Gasteiger partial charge in [-0.1, -0.05) is 57.9 Å². The van der Waals surface area contributed by atoms with Crippen LogP contribution in [-0.4, -0.2) is 5.97 Å². The van der Waals surface area contributed by atoms with Crippen LogP contribution >= 0.6 is 0 Å². The number of rotatable bonds is 12. The fraction of sp³-hybridized carbons (Fsp3) is 0.735. The molecular formula is C34H50F2O2. The van der Waals surface area contributed by atoms with Gasteiger partial charge in [0.15, 0.2) is 0 Å². The van der Waals surface area contributed by atoms with Crippen molar-refractivity contribution in [2.45, 2.75) is 122 Å². The summed E-state index contributed by atoms with van der Waals surface area (Å²) in [6.07, 6.45) is 23.1. The highest BCUT2D eigenvalue weighted by molar-refractivity contribution is 5.75. The molecule has 0 saturated heterocycles. The first-order valence-corrected chi connectivity index (χ1v) is 15.8. The summed E-state index contributed by atoms with van der Waals surface area (Å²) in [4.78, 5) is 12.8. The van der Waals surface area contributed by atoms with Gasteiger partial charge in [0.1, 0.15) is 17.4 Å². The first-order chi connectivity index (χ1) is 18.5. The average Bonchev–Trinajstić information content (AvgIpc) is 2.92. The van der Waals surface area contributed by atoms with Crippen molar-refractivity contribution < 1.29 is 18.3 Å². The molecule has 3 saturated carbocycles. The van der Waals surface area contributed by atoms with Crippen molar-refractivity contribution in [3.05, 3.63) is 42.0 Å². The Bertz CT molecular complexity index is 881. The molecule has 0 aliphatic heterocycles. The van der Waals surface area contributed by atoms with E-state index in [4.69, 9.17) is 4.74 Å². The van der Waals surface area contributed by atoms with Crippen molar-refractivity contribution in [2.24, 2.45) is 35.5 Å². The number of halogens is 2. The minimum Gasteiger partial charge on any atom is -0.426 e. The van der Waals surface area contributed by atoms with E-state index >= 15 is 0 Å². The van der Waals surface area contributed by atoms with Crippen LogP contribution < -0.4 is 4.74 Å². The predicted octanol–water partition coefficient (Wildman–Crippen LogP) is 9.99. The van der Waals surface area contributed by atoms with Crippen LogP contribution in [0, 0.1) is 47.1 Å². The van der Waals surface area contributed by atoms with E-state index in [9.17, 15) is 13.6 Å². The lowest BCUT2D eigenvalue weighted by atomic mass is 9.60. The summed E-state index contributed by atoms with van der Waals surface area (Å²) in [7, 11) is 0. The number of fused-ring (bicyclic) bond motifs is 1. The smallest absolute Gasteiger partial charge is 0.314 e. The van der Waals surface area contributed by atoms with E-state index in [1.807, 2.05) is 0 Å². The number of hydrogen-bond acceptors (Lipinski definition) is 2. The van der Waals surface area contributed by atoms with Crippen molar-refractivity contribution in [1.29, 1.82) is 0 Å². The van der Waals surface area contributed by atoms with Gasteiger partial charge in [0.2, 0.25) is 0 Å². The Kier molecular flexibility index (Phi) is 11.3. The molecule has 4 unspecified atom stereocenters. The van der Waals surface area contributed by atoms with Gasteiger partial charge in [-0.25, -0.2) is 8.78 Å². The third kappa shape index (κ3) is 7.92. The van der Waals surface area contributed by atoms with E-state index in [0.717, 1.165) is 67.4 Å². The number of carbonyl (C=O) groups is 1. The maximum Gasteiger partial charge on any atom is 0.314 e. The molecule has 0 amide bonds. The molecule has 1 aromatic carbocycles. The van der Waals surface area contributed by atoms with Crippen LogP contribution in [0.4, 0.5) is 8.78 Å². The Labute approximate surface area is 230 Å². The van der Waals surface area contributed by atoms with Crippen LogP contribution in [0.3, 0.4) is 0 Å². The number of unbranched alkanes of at least 4 members (excludes halogenated alkanes) is 4. The van der Waals surface area contributed by atoms with Crippen molar-refractivity contribution in [2.75, 3.05) is 0 Å². The lowest BCUT2D eigenvalue weighted by molar-refractivity contribution is -0.140. The van der Waals surface area contributed by atoms with Crippen LogP contribution in [0.2, 0.25) is 0 Å². The molecule has 0 heterocycles. The number of hydrogen-bond donors (Lipinski definition) is 0. The van der Waals surface area contributed by atoms with Gasteiger partial charge in [0.25, 0.3) is 0 Å². The Morgan fingerprint density at radius 3 is 2.16 bits per heavy atom. The molecule has 0 spiro atoms. The van der Waals surface area contributed by atoms with E-state index in [1.165, 1.54) is 77.0 Å². The van der Waals surface area contributed by atoms with Crippen molar-refractivity contribution >= 4 is 5.97 Å². The minimum absolute atomic E-state index is 0.0237. The van der Waals surface area contributed by atoms with E-state index in [-0.39, 0.29) is 29.6 Å². The quantitative estimate of drug-likeness (QED) is 0.117. The van der Waals surface area contributed by atoms with E-state index in [1.54, 1.807) is 6.08 Å². The van der Waals surface area contributed by atoms with Gasteiger partial charge in [0.05, 0.1) is 5.92 Å². The first kappa shape index (κ1) is 29.3. The molecule has 0 aromatic heterocycles. The maximum absolute atomic E-state index is 14.4. The topological polar surface area (TPSA) is 26.3 Å². The highest BCUT2D eigenvalue weighted by Gasteiger charge is 2.39. The summed E-state index contributed by atoms with van der Waals surface area (Å²) in [6, 6.07) is 2.29. The van der Waals surface area contributed by atoms with Crippen molar-refractivity contribution in [1.82, 2.24) is 0 Å². The third-order valence-corrected chi connectivity index (χ3v) is 10.2. The molecule has 4 rings (SSSR count). The molecule has 1 aromatic rings. The van der Waals surface area contributed by atoms with Gasteiger partial charge < -0.3 is 4.74 Å². The lowest BCUT2D eigenvalue weighted by Crippen LogP contribution is -2.35. The van der Waals surface area contributed by atoms with Crippen LogP contribution in [0.5, 0.6) is 5.75 Å². The monoisotopic (exact) mass is 528 g/mol. The van der Waals surface area contributed by atoms with E-state index < -0.39 is 11.6 Å². The van der Waals surface area contributed by atoms with Crippen LogP contribution in [0.25, 0.3) is 0 Å². The molecule has 0 N–H and O–H groups in total. The number of ether oxygens (including phenoxy) is 1. The molecule has 3 fully saturated rings. The number of benzene rings is 1. The molecule has 3 aliphatic rings. The summed E-state index contributed by atoms with van der Waals surface area (Å²) in [5, 5.41) is 0. The summed E-state index contributed by atoms with van der Waals surface area (Å²) in [5.41, 5.74) is 0.0239. The molecule has 3 aliphatic carbocycles. The number of esters is 1. The summed E-state index contributed by atoms with van der Waals surface area (Å²) in [5.74, 6) is 2.54. The average molecular weight is 529 g/mol. The third-order valence-electron chi connectivity index (χ3n) is 10.2. The van der Waals surface area contributed by atoms with E-state index in [2.05, 4.69) is 13.5 Å². The lowest BCUT2D eigenvalue weighted by Gasteiger charge is -2.45. The SMILES string of the molecule is C=CCCc1c(F)cc(OC(=O)C2CCC(C3CCC4CC(CCCCCCC)CCC4C3)CC2)cc1F. The Hall–Kier alpha value is -1.71. The highest BCUT2D eigenvalue weighted by atomic mass is 19.1. The van der Waals surface area contributed by atoms with Gasteiger partial charge >= 0.3 is 5.97 Å². The standard InChI is InChI=1S/C34H50F2O2/c1-3-5-7-8-9-10-24-12-13-29-21-28(19-18-27(29)20-24)25-14-16-26(17-15-25)34(37)38-30-22-32(35)31(11-6-4-2)33(36)23-30/h4,22-29H,2-3,5-21H2,1H3. The van der Waals surface area contributed by atoms with E-state index in [0.29, 0.717) is 6.42 Å². The molecule has 212 valence electrons. The zero-order chi connectivity index (χ0) is 26.9. The van der Waals surface area contributed by atoms with Crippen LogP contribution in [0.1, 0.15) is 122 Å². The molecule has 0 radical (unpaired) electrons. The second-order valence-corrected chi connectivity index (χ2v) is 12.7.